The third-order valence-electron chi connectivity index (χ3n) is 4.58. The first kappa shape index (κ1) is 21.4. The number of rotatable bonds is 5. The van der Waals surface area contributed by atoms with E-state index < -0.39 is 11.6 Å². The van der Waals surface area contributed by atoms with Crippen molar-refractivity contribution in [1.29, 1.82) is 0 Å². The highest BCUT2D eigenvalue weighted by molar-refractivity contribution is 6.00. The summed E-state index contributed by atoms with van der Waals surface area (Å²) in [5.74, 6) is 0.330. The van der Waals surface area contributed by atoms with Gasteiger partial charge in [0.05, 0.1) is 12.8 Å². The molecule has 0 atom stereocenters. The average Bonchev–Trinajstić information content (AvgIpc) is 2.70. The number of ether oxygens (including phenoxy) is 2. The molecule has 3 rings (SSSR count). The number of pyridine rings is 1. The maximum atomic E-state index is 12.3. The van der Waals surface area contributed by atoms with Gasteiger partial charge < -0.3 is 14.4 Å². The lowest BCUT2D eigenvalue weighted by Gasteiger charge is -2.18. The molecule has 3 aromatic rings. The Labute approximate surface area is 177 Å². The Kier molecular flexibility index (Phi) is 6.11. The highest BCUT2D eigenvalue weighted by atomic mass is 16.6. The van der Waals surface area contributed by atoms with Gasteiger partial charge in [0.2, 0.25) is 0 Å². The van der Waals surface area contributed by atoms with Gasteiger partial charge in [-0.1, -0.05) is 18.2 Å². The van der Waals surface area contributed by atoms with Crippen molar-refractivity contribution in [3.63, 3.8) is 0 Å². The van der Waals surface area contributed by atoms with Crippen LogP contribution in [-0.4, -0.2) is 37.8 Å². The maximum absolute atomic E-state index is 12.3. The fraction of sp³-hybridized carbons (Fsp3) is 0.280. The third kappa shape index (κ3) is 4.79. The summed E-state index contributed by atoms with van der Waals surface area (Å²) in [5, 5.41) is 1.99. The second-order valence-electron chi connectivity index (χ2n) is 8.25. The number of para-hydroxylation sites is 1. The molecule has 1 aromatic heterocycles. The smallest absolute Gasteiger partial charge is 0.331 e. The van der Waals surface area contributed by atoms with E-state index in [9.17, 15) is 4.79 Å². The van der Waals surface area contributed by atoms with E-state index in [1.54, 1.807) is 13.2 Å². The monoisotopic (exact) mass is 404 g/mol. The van der Waals surface area contributed by atoms with Crippen LogP contribution in [0.4, 0.5) is 5.69 Å². The zero-order valence-corrected chi connectivity index (χ0v) is 18.4. The Hall–Kier alpha value is -3.34. The van der Waals surface area contributed by atoms with Gasteiger partial charge in [-0.2, -0.15) is 0 Å². The van der Waals surface area contributed by atoms with Crippen LogP contribution in [0.5, 0.6) is 5.75 Å². The van der Waals surface area contributed by atoms with E-state index in [0.29, 0.717) is 0 Å². The molecule has 0 fully saturated rings. The Bertz CT molecular complexity index is 1100. The quantitative estimate of drug-likeness (QED) is 0.425. The lowest BCUT2D eigenvalue weighted by atomic mass is 9.98. The molecule has 0 amide bonds. The minimum absolute atomic E-state index is 0.393. The second kappa shape index (κ2) is 8.57. The molecule has 0 aliphatic heterocycles. The van der Waals surface area contributed by atoms with Crippen molar-refractivity contribution < 1.29 is 14.3 Å². The van der Waals surface area contributed by atoms with E-state index in [0.717, 1.165) is 39.0 Å². The van der Waals surface area contributed by atoms with Crippen LogP contribution in [0.25, 0.3) is 28.1 Å². The first-order valence-electron chi connectivity index (χ1n) is 9.84. The SMILES string of the molecule is COc1ccccc1-c1ncc2cc(N(C)C)ccc2c1/C=C/C(=O)OC(C)(C)C. The molecule has 5 nitrogen and oxygen atoms in total. The van der Waals surface area contributed by atoms with Crippen molar-refractivity contribution in [2.45, 2.75) is 26.4 Å². The van der Waals surface area contributed by atoms with Gasteiger partial charge in [0.25, 0.3) is 0 Å². The zero-order valence-electron chi connectivity index (χ0n) is 18.4. The van der Waals surface area contributed by atoms with Crippen LogP contribution in [0.2, 0.25) is 0 Å². The van der Waals surface area contributed by atoms with Gasteiger partial charge >= 0.3 is 5.97 Å². The molecule has 5 heteroatoms. The number of esters is 1. The van der Waals surface area contributed by atoms with E-state index in [1.807, 2.05) is 70.2 Å². The molecular weight excluding hydrogens is 376 g/mol. The first-order valence-corrected chi connectivity index (χ1v) is 9.84. The van der Waals surface area contributed by atoms with Gasteiger partial charge in [0, 0.05) is 48.6 Å². The summed E-state index contributed by atoms with van der Waals surface area (Å²) < 4.78 is 11.0. The van der Waals surface area contributed by atoms with Crippen molar-refractivity contribution in [3.05, 3.63) is 60.3 Å². The van der Waals surface area contributed by atoms with Crippen LogP contribution in [-0.2, 0) is 9.53 Å². The van der Waals surface area contributed by atoms with E-state index in [2.05, 4.69) is 18.2 Å². The van der Waals surface area contributed by atoms with Crippen molar-refractivity contribution in [3.8, 4) is 17.0 Å². The average molecular weight is 405 g/mol. The standard InChI is InChI=1S/C25H28N2O3/c1-25(2,3)30-23(28)14-13-20-19-12-11-18(27(4)5)15-17(19)16-26-24(20)21-9-7-8-10-22(21)29-6/h7-16H,1-6H3/b14-13+. The fourth-order valence-corrected chi connectivity index (χ4v) is 3.22. The van der Waals surface area contributed by atoms with Gasteiger partial charge in [-0.3, -0.25) is 4.98 Å². The van der Waals surface area contributed by atoms with Crippen molar-refractivity contribution in [2.24, 2.45) is 0 Å². The summed E-state index contributed by atoms with van der Waals surface area (Å²) in [6.45, 7) is 5.55. The van der Waals surface area contributed by atoms with Gasteiger partial charge in [-0.15, -0.1) is 0 Å². The number of methoxy groups -OCH3 is 1. The van der Waals surface area contributed by atoms with Gasteiger partial charge in [-0.25, -0.2) is 4.79 Å². The Morgan fingerprint density at radius 2 is 1.83 bits per heavy atom. The minimum Gasteiger partial charge on any atom is -0.496 e. The molecule has 0 saturated carbocycles. The van der Waals surface area contributed by atoms with Gasteiger partial charge in [-0.05, 0) is 56.5 Å². The Morgan fingerprint density at radius 1 is 1.10 bits per heavy atom. The number of fused-ring (bicyclic) bond motifs is 1. The predicted octanol–water partition coefficient (Wildman–Crippen LogP) is 5.33. The number of anilines is 1. The molecule has 0 N–H and O–H groups in total. The Morgan fingerprint density at radius 3 is 2.50 bits per heavy atom. The number of carbonyl (C=O) groups excluding carboxylic acids is 1. The summed E-state index contributed by atoms with van der Waals surface area (Å²) >= 11 is 0. The number of carbonyl (C=O) groups is 1. The van der Waals surface area contributed by atoms with Crippen molar-refractivity contribution >= 4 is 28.5 Å². The van der Waals surface area contributed by atoms with Crippen LogP contribution in [0.3, 0.4) is 0 Å². The number of aromatic nitrogens is 1. The van der Waals surface area contributed by atoms with E-state index in [1.165, 1.54) is 6.08 Å². The fourth-order valence-electron chi connectivity index (χ4n) is 3.22. The van der Waals surface area contributed by atoms with Crippen molar-refractivity contribution in [1.82, 2.24) is 4.98 Å². The van der Waals surface area contributed by atoms with Crippen LogP contribution in [0.1, 0.15) is 26.3 Å². The molecule has 0 aliphatic rings. The maximum Gasteiger partial charge on any atom is 0.331 e. The van der Waals surface area contributed by atoms with Crippen LogP contribution < -0.4 is 9.64 Å². The lowest BCUT2D eigenvalue weighted by Crippen LogP contribution is -2.22. The molecule has 0 saturated heterocycles. The number of hydrogen-bond donors (Lipinski definition) is 0. The van der Waals surface area contributed by atoms with E-state index in [-0.39, 0.29) is 0 Å². The van der Waals surface area contributed by atoms with Gasteiger partial charge in [0.15, 0.2) is 0 Å². The zero-order chi connectivity index (χ0) is 21.9. The van der Waals surface area contributed by atoms with E-state index >= 15 is 0 Å². The Balaban J connectivity index is 2.19. The highest BCUT2D eigenvalue weighted by Crippen LogP contribution is 2.35. The number of benzene rings is 2. The van der Waals surface area contributed by atoms with Crippen LogP contribution in [0.15, 0.2) is 54.7 Å². The molecular formula is C25H28N2O3. The van der Waals surface area contributed by atoms with Crippen LogP contribution >= 0.6 is 0 Å². The number of nitrogens with zero attached hydrogens (tertiary/aromatic N) is 2. The molecule has 0 bridgehead atoms. The molecule has 1 heterocycles. The first-order chi connectivity index (χ1) is 14.2. The molecule has 2 aromatic carbocycles. The van der Waals surface area contributed by atoms with Crippen molar-refractivity contribution in [2.75, 3.05) is 26.1 Å². The number of hydrogen-bond acceptors (Lipinski definition) is 5. The summed E-state index contributed by atoms with van der Waals surface area (Å²) in [5.41, 5.74) is 2.98. The molecule has 0 aliphatic carbocycles. The molecule has 0 spiro atoms. The minimum atomic E-state index is -0.551. The molecule has 0 unspecified atom stereocenters. The second-order valence-corrected chi connectivity index (χ2v) is 8.25. The summed E-state index contributed by atoms with van der Waals surface area (Å²) in [4.78, 5) is 19.1. The van der Waals surface area contributed by atoms with E-state index in [4.69, 9.17) is 14.5 Å². The highest BCUT2D eigenvalue weighted by Gasteiger charge is 2.16. The topological polar surface area (TPSA) is 51.7 Å². The summed E-state index contributed by atoms with van der Waals surface area (Å²) in [6.07, 6.45) is 5.09. The third-order valence-corrected chi connectivity index (χ3v) is 4.58. The predicted molar refractivity (Wildman–Crippen MR) is 123 cm³/mol. The molecule has 156 valence electrons. The molecule has 0 radical (unpaired) electrons. The lowest BCUT2D eigenvalue weighted by molar-refractivity contribution is -0.148. The largest absolute Gasteiger partial charge is 0.496 e. The summed E-state index contributed by atoms with van der Waals surface area (Å²) in [6, 6.07) is 13.9. The van der Waals surface area contributed by atoms with Gasteiger partial charge in [0.1, 0.15) is 11.4 Å². The normalized spacial score (nSPS) is 11.7. The van der Waals surface area contributed by atoms with Crippen LogP contribution in [0, 0.1) is 0 Å². The molecule has 30 heavy (non-hydrogen) atoms. The summed E-state index contributed by atoms with van der Waals surface area (Å²) in [7, 11) is 5.64.